The van der Waals surface area contributed by atoms with Crippen LogP contribution in [0, 0.1) is 11.8 Å². The van der Waals surface area contributed by atoms with E-state index in [4.69, 9.17) is 5.11 Å². The maximum atomic E-state index is 11.8. The molecule has 1 atom stereocenters. The summed E-state index contributed by atoms with van der Waals surface area (Å²) < 4.78 is 0. The van der Waals surface area contributed by atoms with Crippen LogP contribution in [-0.4, -0.2) is 23.5 Å². The Labute approximate surface area is 126 Å². The summed E-state index contributed by atoms with van der Waals surface area (Å²) in [4.78, 5) is 22.5. The summed E-state index contributed by atoms with van der Waals surface area (Å²) in [5.74, 6) is 0.180. The molecule has 0 aliphatic heterocycles. The first-order valence-corrected chi connectivity index (χ1v) is 7.47. The lowest BCUT2D eigenvalue weighted by molar-refractivity contribution is -0.121. The molecule has 0 heterocycles. The minimum atomic E-state index is -0.922. The standard InChI is InChI=1S/C17H25NO3/c1-12(2)10-13(3)11-16(19)18-9-8-14-4-6-15(7-5-14)17(20)21/h4-7,12-13H,8-11H2,1-3H3,(H,18,19)(H,20,21). The van der Waals surface area contributed by atoms with Gasteiger partial charge in [0.1, 0.15) is 0 Å². The van der Waals surface area contributed by atoms with E-state index in [1.807, 2.05) is 0 Å². The fourth-order valence-corrected chi connectivity index (χ4v) is 2.44. The van der Waals surface area contributed by atoms with Crippen LogP contribution in [0.2, 0.25) is 0 Å². The quantitative estimate of drug-likeness (QED) is 0.773. The molecule has 4 heteroatoms. The topological polar surface area (TPSA) is 66.4 Å². The number of benzene rings is 1. The molecular formula is C17H25NO3. The van der Waals surface area contributed by atoms with E-state index in [1.165, 1.54) is 0 Å². The Hall–Kier alpha value is -1.84. The minimum Gasteiger partial charge on any atom is -0.478 e. The molecule has 1 aromatic carbocycles. The zero-order valence-corrected chi connectivity index (χ0v) is 13.1. The molecule has 0 aliphatic carbocycles. The van der Waals surface area contributed by atoms with Crippen LogP contribution in [0.5, 0.6) is 0 Å². The highest BCUT2D eigenvalue weighted by Crippen LogP contribution is 2.14. The third-order valence-electron chi connectivity index (χ3n) is 3.34. The van der Waals surface area contributed by atoms with Gasteiger partial charge in [0.2, 0.25) is 5.91 Å². The van der Waals surface area contributed by atoms with Crippen molar-refractivity contribution in [2.45, 2.75) is 40.0 Å². The summed E-state index contributed by atoms with van der Waals surface area (Å²) in [7, 11) is 0. The Balaban J connectivity index is 2.29. The second-order valence-electron chi connectivity index (χ2n) is 6.04. The van der Waals surface area contributed by atoms with Crippen LogP contribution in [-0.2, 0) is 11.2 Å². The van der Waals surface area contributed by atoms with Crippen molar-refractivity contribution in [2.24, 2.45) is 11.8 Å². The number of rotatable bonds is 8. The molecule has 2 N–H and O–H groups in total. The number of aromatic carboxylic acids is 1. The minimum absolute atomic E-state index is 0.0882. The zero-order valence-electron chi connectivity index (χ0n) is 13.1. The summed E-state index contributed by atoms with van der Waals surface area (Å²) >= 11 is 0. The second-order valence-corrected chi connectivity index (χ2v) is 6.04. The first-order valence-electron chi connectivity index (χ1n) is 7.47. The van der Waals surface area contributed by atoms with Crippen LogP contribution in [0.3, 0.4) is 0 Å². The monoisotopic (exact) mass is 291 g/mol. The van der Waals surface area contributed by atoms with Gasteiger partial charge < -0.3 is 10.4 Å². The van der Waals surface area contributed by atoms with E-state index in [9.17, 15) is 9.59 Å². The summed E-state index contributed by atoms with van der Waals surface area (Å²) in [6.45, 7) is 7.01. The molecule has 0 saturated heterocycles. The molecule has 0 fully saturated rings. The summed E-state index contributed by atoms with van der Waals surface area (Å²) in [6, 6.07) is 6.75. The summed E-state index contributed by atoms with van der Waals surface area (Å²) in [5.41, 5.74) is 1.31. The van der Waals surface area contributed by atoms with Gasteiger partial charge in [-0.15, -0.1) is 0 Å². The van der Waals surface area contributed by atoms with Crippen molar-refractivity contribution in [2.75, 3.05) is 6.54 Å². The van der Waals surface area contributed by atoms with E-state index in [0.717, 1.165) is 12.0 Å². The van der Waals surface area contributed by atoms with Crippen molar-refractivity contribution >= 4 is 11.9 Å². The molecule has 21 heavy (non-hydrogen) atoms. The van der Waals surface area contributed by atoms with Gasteiger partial charge in [-0.05, 0) is 42.4 Å². The van der Waals surface area contributed by atoms with Gasteiger partial charge in [-0.1, -0.05) is 32.9 Å². The van der Waals surface area contributed by atoms with E-state index < -0.39 is 5.97 Å². The van der Waals surface area contributed by atoms with E-state index in [2.05, 4.69) is 26.1 Å². The number of carbonyl (C=O) groups excluding carboxylic acids is 1. The van der Waals surface area contributed by atoms with Crippen molar-refractivity contribution in [3.8, 4) is 0 Å². The smallest absolute Gasteiger partial charge is 0.335 e. The van der Waals surface area contributed by atoms with Crippen LogP contribution in [0.25, 0.3) is 0 Å². The number of hydrogen-bond acceptors (Lipinski definition) is 2. The van der Waals surface area contributed by atoms with Crippen LogP contribution >= 0.6 is 0 Å². The van der Waals surface area contributed by atoms with Crippen molar-refractivity contribution in [1.29, 1.82) is 0 Å². The highest BCUT2D eigenvalue weighted by molar-refractivity contribution is 5.87. The van der Waals surface area contributed by atoms with Gasteiger partial charge >= 0.3 is 5.97 Å². The van der Waals surface area contributed by atoms with Gasteiger partial charge in [-0.25, -0.2) is 4.79 Å². The number of hydrogen-bond donors (Lipinski definition) is 2. The first-order chi connectivity index (χ1) is 9.88. The Kier molecular flexibility index (Phi) is 6.92. The van der Waals surface area contributed by atoms with E-state index in [0.29, 0.717) is 31.2 Å². The van der Waals surface area contributed by atoms with Crippen LogP contribution < -0.4 is 5.32 Å². The predicted molar refractivity (Wildman–Crippen MR) is 83.4 cm³/mol. The van der Waals surface area contributed by atoms with E-state index in [1.54, 1.807) is 24.3 Å². The molecule has 0 aromatic heterocycles. The average molecular weight is 291 g/mol. The molecule has 0 radical (unpaired) electrons. The van der Waals surface area contributed by atoms with Gasteiger partial charge in [-0.3, -0.25) is 4.79 Å². The van der Waals surface area contributed by atoms with Gasteiger partial charge in [0.05, 0.1) is 5.56 Å². The number of carbonyl (C=O) groups is 2. The highest BCUT2D eigenvalue weighted by atomic mass is 16.4. The van der Waals surface area contributed by atoms with E-state index in [-0.39, 0.29) is 11.5 Å². The Morgan fingerprint density at radius 3 is 2.29 bits per heavy atom. The lowest BCUT2D eigenvalue weighted by Gasteiger charge is -2.13. The SMILES string of the molecule is CC(C)CC(C)CC(=O)NCCc1ccc(C(=O)O)cc1. The summed E-state index contributed by atoms with van der Waals surface area (Å²) in [5, 5.41) is 11.7. The third kappa shape index (κ3) is 6.93. The average Bonchev–Trinajstić information content (AvgIpc) is 2.38. The van der Waals surface area contributed by atoms with Gasteiger partial charge in [-0.2, -0.15) is 0 Å². The molecule has 0 saturated carbocycles. The lowest BCUT2D eigenvalue weighted by Crippen LogP contribution is -2.27. The Bertz CT molecular complexity index is 465. The lowest BCUT2D eigenvalue weighted by atomic mass is 9.96. The van der Waals surface area contributed by atoms with Gasteiger partial charge in [0.15, 0.2) is 0 Å². The molecular weight excluding hydrogens is 266 g/mol. The number of amides is 1. The molecule has 0 spiro atoms. The van der Waals surface area contributed by atoms with Crippen LogP contribution in [0.1, 0.15) is 49.5 Å². The molecule has 0 aliphatic rings. The maximum absolute atomic E-state index is 11.8. The van der Waals surface area contributed by atoms with Crippen molar-refractivity contribution in [1.82, 2.24) is 5.32 Å². The Morgan fingerprint density at radius 1 is 1.14 bits per heavy atom. The van der Waals surface area contributed by atoms with E-state index >= 15 is 0 Å². The molecule has 1 amide bonds. The third-order valence-corrected chi connectivity index (χ3v) is 3.34. The molecule has 1 unspecified atom stereocenters. The van der Waals surface area contributed by atoms with Crippen molar-refractivity contribution < 1.29 is 14.7 Å². The zero-order chi connectivity index (χ0) is 15.8. The van der Waals surface area contributed by atoms with Crippen molar-refractivity contribution in [3.05, 3.63) is 35.4 Å². The largest absolute Gasteiger partial charge is 0.478 e. The normalized spacial score (nSPS) is 12.2. The molecule has 4 nitrogen and oxygen atoms in total. The molecule has 1 rings (SSSR count). The fourth-order valence-electron chi connectivity index (χ4n) is 2.44. The van der Waals surface area contributed by atoms with Gasteiger partial charge in [0.25, 0.3) is 0 Å². The Morgan fingerprint density at radius 2 is 1.76 bits per heavy atom. The number of nitrogens with one attached hydrogen (secondary N) is 1. The van der Waals surface area contributed by atoms with Crippen LogP contribution in [0.4, 0.5) is 0 Å². The second kappa shape index (κ2) is 8.45. The predicted octanol–water partition coefficient (Wildman–Crippen LogP) is 3.12. The fraction of sp³-hybridized carbons (Fsp3) is 0.529. The van der Waals surface area contributed by atoms with Crippen LogP contribution in [0.15, 0.2) is 24.3 Å². The maximum Gasteiger partial charge on any atom is 0.335 e. The van der Waals surface area contributed by atoms with Crippen molar-refractivity contribution in [3.63, 3.8) is 0 Å². The molecule has 116 valence electrons. The number of carboxylic acids is 1. The molecule has 0 bridgehead atoms. The molecule has 1 aromatic rings. The van der Waals surface area contributed by atoms with Gasteiger partial charge in [0, 0.05) is 13.0 Å². The summed E-state index contributed by atoms with van der Waals surface area (Å²) in [6.07, 6.45) is 2.34. The number of carboxylic acid groups (broad SMARTS) is 1. The first kappa shape index (κ1) is 17.2. The highest BCUT2D eigenvalue weighted by Gasteiger charge is 2.10.